The molecule has 1 rings (SSSR count). The Morgan fingerprint density at radius 2 is 2.19 bits per heavy atom. The maximum atomic E-state index is 13.5. The first-order valence-corrected chi connectivity index (χ1v) is 5.40. The largest absolute Gasteiger partial charge is 0.491 e. The minimum Gasteiger partial charge on any atom is -0.491 e. The first-order chi connectivity index (χ1) is 7.54. The maximum absolute atomic E-state index is 13.5. The van der Waals surface area contributed by atoms with Crippen molar-refractivity contribution in [2.24, 2.45) is 5.73 Å². The van der Waals surface area contributed by atoms with E-state index in [9.17, 15) is 9.50 Å². The summed E-state index contributed by atoms with van der Waals surface area (Å²) in [5, 5.41) is 9.29. The lowest BCUT2D eigenvalue weighted by Gasteiger charge is -2.12. The molecule has 0 saturated heterocycles. The normalized spacial score (nSPS) is 14.6. The molecule has 0 aromatic heterocycles. The molecule has 0 fully saturated rings. The Labute approximate surface area is 95.0 Å². The van der Waals surface area contributed by atoms with Crippen molar-refractivity contribution >= 4 is 0 Å². The number of hydrogen-bond donors (Lipinski definition) is 2. The van der Waals surface area contributed by atoms with Crippen LogP contribution in [0.5, 0.6) is 5.75 Å². The second kappa shape index (κ2) is 5.82. The van der Waals surface area contributed by atoms with Crippen molar-refractivity contribution in [3.8, 4) is 5.75 Å². The molecule has 0 aliphatic carbocycles. The molecule has 90 valence electrons. The highest BCUT2D eigenvalue weighted by Crippen LogP contribution is 2.20. The summed E-state index contributed by atoms with van der Waals surface area (Å²) in [5.74, 6) is 0.0351. The summed E-state index contributed by atoms with van der Waals surface area (Å²) in [5.41, 5.74) is 6.05. The van der Waals surface area contributed by atoms with Gasteiger partial charge in [0.25, 0.3) is 0 Å². The minimum atomic E-state index is -0.517. The zero-order chi connectivity index (χ0) is 12.1. The molecule has 3 nitrogen and oxygen atoms in total. The predicted octanol–water partition coefficient (Wildman–Crippen LogP) is 2.00. The molecule has 2 atom stereocenters. The number of aliphatic hydroxyl groups is 1. The molecule has 0 aliphatic heterocycles. The summed E-state index contributed by atoms with van der Waals surface area (Å²) in [7, 11) is 0. The van der Waals surface area contributed by atoms with Crippen LogP contribution < -0.4 is 10.5 Å². The SMILES string of the molecule is CCC(O)COc1ccc([C@@H](C)N)c(F)c1. The van der Waals surface area contributed by atoms with E-state index in [4.69, 9.17) is 10.5 Å². The molecule has 4 heteroatoms. The zero-order valence-electron chi connectivity index (χ0n) is 9.61. The lowest BCUT2D eigenvalue weighted by atomic mass is 10.1. The molecule has 0 aliphatic rings. The van der Waals surface area contributed by atoms with Gasteiger partial charge in [-0.3, -0.25) is 0 Å². The Balaban J connectivity index is 2.66. The summed E-state index contributed by atoms with van der Waals surface area (Å²) in [4.78, 5) is 0. The van der Waals surface area contributed by atoms with Crippen LogP contribution >= 0.6 is 0 Å². The first kappa shape index (κ1) is 12.9. The third kappa shape index (κ3) is 3.47. The minimum absolute atomic E-state index is 0.174. The van der Waals surface area contributed by atoms with E-state index in [1.54, 1.807) is 19.1 Å². The zero-order valence-corrected chi connectivity index (χ0v) is 9.61. The molecular weight excluding hydrogens is 209 g/mol. The van der Waals surface area contributed by atoms with E-state index in [0.717, 1.165) is 0 Å². The fourth-order valence-corrected chi connectivity index (χ4v) is 1.28. The van der Waals surface area contributed by atoms with Crippen LogP contribution in [0.1, 0.15) is 31.9 Å². The van der Waals surface area contributed by atoms with Gasteiger partial charge in [0.2, 0.25) is 0 Å². The monoisotopic (exact) mass is 227 g/mol. The number of aliphatic hydroxyl groups excluding tert-OH is 1. The molecule has 0 bridgehead atoms. The summed E-state index contributed by atoms with van der Waals surface area (Å²) in [6.07, 6.45) is 0.0941. The lowest BCUT2D eigenvalue weighted by molar-refractivity contribution is 0.104. The number of nitrogens with two attached hydrogens (primary N) is 1. The Kier molecular flexibility index (Phi) is 4.71. The van der Waals surface area contributed by atoms with Crippen LogP contribution in [-0.4, -0.2) is 17.8 Å². The van der Waals surface area contributed by atoms with Gasteiger partial charge in [0.05, 0.1) is 6.10 Å². The van der Waals surface area contributed by atoms with Crippen LogP contribution in [0, 0.1) is 5.82 Å². The quantitative estimate of drug-likeness (QED) is 0.808. The average molecular weight is 227 g/mol. The van der Waals surface area contributed by atoms with Gasteiger partial charge in [-0.2, -0.15) is 0 Å². The average Bonchev–Trinajstić information content (AvgIpc) is 2.25. The van der Waals surface area contributed by atoms with Gasteiger partial charge in [0.15, 0.2) is 0 Å². The predicted molar refractivity (Wildman–Crippen MR) is 60.8 cm³/mol. The van der Waals surface area contributed by atoms with E-state index in [0.29, 0.717) is 17.7 Å². The molecule has 0 heterocycles. The molecule has 0 spiro atoms. The molecule has 0 radical (unpaired) electrons. The van der Waals surface area contributed by atoms with Crippen molar-refractivity contribution in [3.63, 3.8) is 0 Å². The van der Waals surface area contributed by atoms with E-state index >= 15 is 0 Å². The van der Waals surface area contributed by atoms with Crippen LogP contribution in [0.2, 0.25) is 0 Å². The van der Waals surface area contributed by atoms with Crippen LogP contribution in [0.25, 0.3) is 0 Å². The molecular formula is C12H18FNO2. The Bertz CT molecular complexity index is 342. The van der Waals surface area contributed by atoms with Crippen LogP contribution in [0.3, 0.4) is 0 Å². The van der Waals surface area contributed by atoms with E-state index in [-0.39, 0.29) is 18.5 Å². The van der Waals surface area contributed by atoms with Crippen molar-refractivity contribution in [2.75, 3.05) is 6.61 Å². The fraction of sp³-hybridized carbons (Fsp3) is 0.500. The molecule has 16 heavy (non-hydrogen) atoms. The third-order valence-electron chi connectivity index (χ3n) is 2.38. The van der Waals surface area contributed by atoms with Crippen molar-refractivity contribution in [1.29, 1.82) is 0 Å². The van der Waals surface area contributed by atoms with Crippen LogP contribution in [0.4, 0.5) is 4.39 Å². The Morgan fingerprint density at radius 3 is 2.69 bits per heavy atom. The summed E-state index contributed by atoms with van der Waals surface area (Å²) in [6.45, 7) is 3.75. The van der Waals surface area contributed by atoms with Crippen LogP contribution in [0.15, 0.2) is 18.2 Å². The number of rotatable bonds is 5. The van der Waals surface area contributed by atoms with Gasteiger partial charge in [-0.05, 0) is 19.4 Å². The highest BCUT2D eigenvalue weighted by Gasteiger charge is 2.09. The van der Waals surface area contributed by atoms with E-state index in [1.807, 2.05) is 6.92 Å². The number of benzene rings is 1. The number of hydrogen-bond acceptors (Lipinski definition) is 3. The van der Waals surface area contributed by atoms with E-state index in [1.165, 1.54) is 6.07 Å². The molecule has 1 aromatic rings. The van der Waals surface area contributed by atoms with Crippen LogP contribution in [-0.2, 0) is 0 Å². The van der Waals surface area contributed by atoms with Crippen molar-refractivity contribution in [2.45, 2.75) is 32.4 Å². The fourth-order valence-electron chi connectivity index (χ4n) is 1.28. The molecule has 0 saturated carbocycles. The maximum Gasteiger partial charge on any atom is 0.131 e. The smallest absolute Gasteiger partial charge is 0.131 e. The Hall–Kier alpha value is -1.13. The lowest BCUT2D eigenvalue weighted by Crippen LogP contribution is -2.16. The van der Waals surface area contributed by atoms with Gasteiger partial charge in [-0.1, -0.05) is 13.0 Å². The summed E-state index contributed by atoms with van der Waals surface area (Å²) in [6, 6.07) is 4.22. The third-order valence-corrected chi connectivity index (χ3v) is 2.38. The van der Waals surface area contributed by atoms with Gasteiger partial charge in [0.1, 0.15) is 18.2 Å². The van der Waals surface area contributed by atoms with Crippen molar-refractivity contribution < 1.29 is 14.2 Å². The van der Waals surface area contributed by atoms with Gasteiger partial charge in [0, 0.05) is 17.7 Å². The van der Waals surface area contributed by atoms with Gasteiger partial charge < -0.3 is 15.6 Å². The molecule has 0 amide bonds. The summed E-state index contributed by atoms with van der Waals surface area (Å²) >= 11 is 0. The topological polar surface area (TPSA) is 55.5 Å². The summed E-state index contributed by atoms with van der Waals surface area (Å²) < 4.78 is 18.7. The number of ether oxygens (including phenoxy) is 1. The number of halogens is 1. The van der Waals surface area contributed by atoms with Gasteiger partial charge >= 0.3 is 0 Å². The van der Waals surface area contributed by atoms with Crippen molar-refractivity contribution in [3.05, 3.63) is 29.6 Å². The van der Waals surface area contributed by atoms with Gasteiger partial charge in [-0.15, -0.1) is 0 Å². The van der Waals surface area contributed by atoms with E-state index in [2.05, 4.69) is 0 Å². The first-order valence-electron chi connectivity index (χ1n) is 5.40. The highest BCUT2D eigenvalue weighted by atomic mass is 19.1. The molecule has 1 unspecified atom stereocenters. The Morgan fingerprint density at radius 1 is 1.50 bits per heavy atom. The molecule has 3 N–H and O–H groups in total. The second-order valence-corrected chi connectivity index (χ2v) is 3.85. The van der Waals surface area contributed by atoms with E-state index < -0.39 is 6.10 Å². The highest BCUT2D eigenvalue weighted by molar-refractivity contribution is 5.30. The molecule has 1 aromatic carbocycles. The standard InChI is InChI=1S/C12H18FNO2/c1-3-9(15)7-16-10-4-5-11(8(2)14)12(13)6-10/h4-6,8-9,15H,3,7,14H2,1-2H3/t8-,9?/m1/s1. The second-order valence-electron chi connectivity index (χ2n) is 3.85. The van der Waals surface area contributed by atoms with Gasteiger partial charge in [-0.25, -0.2) is 4.39 Å². The van der Waals surface area contributed by atoms with Crippen molar-refractivity contribution in [1.82, 2.24) is 0 Å².